The van der Waals surface area contributed by atoms with Gasteiger partial charge in [0.05, 0.1) is 11.8 Å². The number of hydrogen-bond donors (Lipinski definition) is 2. The predicted octanol–water partition coefficient (Wildman–Crippen LogP) is 1.15. The minimum Gasteiger partial charge on any atom is -0.370 e. The number of carbonyl (C=O) groups is 1. The maximum Gasteiger partial charge on any atom is 0.261 e. The summed E-state index contributed by atoms with van der Waals surface area (Å²) in [6, 6.07) is 1.11. The van der Waals surface area contributed by atoms with Crippen LogP contribution < -0.4 is 10.6 Å². The van der Waals surface area contributed by atoms with Crippen molar-refractivity contribution in [2.45, 2.75) is 6.92 Å². The third kappa shape index (κ3) is 2.74. The summed E-state index contributed by atoms with van der Waals surface area (Å²) in [6.45, 7) is 2.42. The first-order valence-electron chi connectivity index (χ1n) is 5.06. The van der Waals surface area contributed by atoms with Crippen LogP contribution in [0.4, 0.5) is 15.3 Å². The highest BCUT2D eigenvalue weighted by Gasteiger charge is 2.15. The van der Waals surface area contributed by atoms with E-state index in [2.05, 4.69) is 30.4 Å². The number of carbonyl (C=O) groups excluding carboxylic acids is 1. The van der Waals surface area contributed by atoms with Gasteiger partial charge in [0, 0.05) is 18.1 Å². The monoisotopic (exact) mass is 268 g/mol. The van der Waals surface area contributed by atoms with Crippen LogP contribution in [0.1, 0.15) is 17.3 Å². The van der Waals surface area contributed by atoms with Crippen molar-refractivity contribution in [1.29, 1.82) is 0 Å². The molecule has 2 heterocycles. The lowest BCUT2D eigenvalue weighted by Crippen LogP contribution is -2.16. The number of nitrogens with zero attached hydrogens (tertiary/aromatic N) is 4. The van der Waals surface area contributed by atoms with Gasteiger partial charge < -0.3 is 5.32 Å². The van der Waals surface area contributed by atoms with Gasteiger partial charge in [-0.2, -0.15) is 0 Å². The molecule has 2 aromatic heterocycles. The van der Waals surface area contributed by atoms with Crippen LogP contribution in [0.25, 0.3) is 0 Å². The van der Waals surface area contributed by atoms with E-state index in [0.29, 0.717) is 12.4 Å². The SMILES string of the molecule is CCNc1ncc(F)cc1C(=O)Nc1nnns1. The lowest BCUT2D eigenvalue weighted by molar-refractivity contribution is 0.102. The minimum atomic E-state index is -0.586. The Bertz CT molecular complexity index is 546. The lowest BCUT2D eigenvalue weighted by atomic mass is 10.2. The minimum absolute atomic E-state index is 0.104. The molecular formula is C9H9FN6OS. The van der Waals surface area contributed by atoms with Crippen molar-refractivity contribution in [3.8, 4) is 0 Å². The number of rotatable bonds is 4. The molecule has 0 unspecified atom stereocenters. The molecule has 0 aliphatic heterocycles. The van der Waals surface area contributed by atoms with Gasteiger partial charge in [0.1, 0.15) is 11.6 Å². The van der Waals surface area contributed by atoms with Crippen LogP contribution in [-0.4, -0.2) is 32.2 Å². The van der Waals surface area contributed by atoms with Gasteiger partial charge in [0.2, 0.25) is 5.13 Å². The molecule has 0 radical (unpaired) electrons. The normalized spacial score (nSPS) is 10.1. The Balaban J connectivity index is 2.25. The standard InChI is InChI=1S/C9H9FN6OS/c1-2-11-7-6(3-5(10)4-12-7)8(17)13-9-14-15-16-18-9/h3-4H,2H2,1H3,(H,11,12)(H,13,14,16,17). The zero-order chi connectivity index (χ0) is 13.0. The van der Waals surface area contributed by atoms with Crippen molar-refractivity contribution in [3.63, 3.8) is 0 Å². The van der Waals surface area contributed by atoms with Crippen LogP contribution in [0.5, 0.6) is 0 Å². The molecule has 0 atom stereocenters. The molecule has 0 fully saturated rings. The van der Waals surface area contributed by atoms with E-state index >= 15 is 0 Å². The number of hydrogen-bond acceptors (Lipinski definition) is 7. The second-order valence-electron chi connectivity index (χ2n) is 3.20. The number of amides is 1. The molecule has 1 amide bonds. The van der Waals surface area contributed by atoms with Crippen LogP contribution in [0, 0.1) is 5.82 Å². The first-order valence-corrected chi connectivity index (χ1v) is 5.84. The summed E-state index contributed by atoms with van der Waals surface area (Å²) in [5.74, 6) is -0.789. The van der Waals surface area contributed by atoms with Gasteiger partial charge in [-0.15, -0.1) is 0 Å². The fraction of sp³-hybridized carbons (Fsp3) is 0.222. The Hall–Kier alpha value is -2.16. The molecule has 0 bridgehead atoms. The summed E-state index contributed by atoms with van der Waals surface area (Å²) >= 11 is 0.931. The second kappa shape index (κ2) is 5.45. The van der Waals surface area contributed by atoms with Crippen LogP contribution >= 0.6 is 11.5 Å². The zero-order valence-corrected chi connectivity index (χ0v) is 10.2. The first-order chi connectivity index (χ1) is 8.70. The predicted molar refractivity (Wildman–Crippen MR) is 64.0 cm³/mol. The molecule has 18 heavy (non-hydrogen) atoms. The summed E-state index contributed by atoms with van der Waals surface area (Å²) in [4.78, 5) is 15.7. The Morgan fingerprint density at radius 2 is 2.39 bits per heavy atom. The number of pyridine rings is 1. The van der Waals surface area contributed by atoms with Crippen LogP contribution in [0.3, 0.4) is 0 Å². The largest absolute Gasteiger partial charge is 0.370 e. The van der Waals surface area contributed by atoms with Crippen molar-refractivity contribution >= 4 is 28.4 Å². The zero-order valence-electron chi connectivity index (χ0n) is 9.35. The van der Waals surface area contributed by atoms with Gasteiger partial charge >= 0.3 is 0 Å². The smallest absolute Gasteiger partial charge is 0.261 e. The Kier molecular flexibility index (Phi) is 3.72. The van der Waals surface area contributed by atoms with E-state index in [9.17, 15) is 9.18 Å². The lowest BCUT2D eigenvalue weighted by Gasteiger charge is -2.08. The molecule has 0 aliphatic carbocycles. The summed E-state index contributed by atoms with van der Waals surface area (Å²) in [7, 11) is 0. The molecule has 94 valence electrons. The van der Waals surface area contributed by atoms with E-state index in [-0.39, 0.29) is 10.7 Å². The molecular weight excluding hydrogens is 259 g/mol. The van der Waals surface area contributed by atoms with Crippen molar-refractivity contribution in [2.24, 2.45) is 0 Å². The maximum atomic E-state index is 13.1. The van der Waals surface area contributed by atoms with Crippen LogP contribution in [0.15, 0.2) is 12.3 Å². The van der Waals surface area contributed by atoms with Crippen molar-refractivity contribution in [1.82, 2.24) is 19.8 Å². The molecule has 0 saturated heterocycles. The Morgan fingerprint density at radius 3 is 3.06 bits per heavy atom. The quantitative estimate of drug-likeness (QED) is 0.864. The highest BCUT2D eigenvalue weighted by Crippen LogP contribution is 2.16. The van der Waals surface area contributed by atoms with E-state index in [1.54, 1.807) is 0 Å². The van der Waals surface area contributed by atoms with E-state index < -0.39 is 11.7 Å². The number of nitrogens with one attached hydrogen (secondary N) is 2. The van der Waals surface area contributed by atoms with Crippen molar-refractivity contribution < 1.29 is 9.18 Å². The fourth-order valence-electron chi connectivity index (χ4n) is 1.27. The van der Waals surface area contributed by atoms with E-state index in [1.165, 1.54) is 0 Å². The highest BCUT2D eigenvalue weighted by molar-refractivity contribution is 7.09. The van der Waals surface area contributed by atoms with Gasteiger partial charge in [-0.1, -0.05) is 9.59 Å². The first kappa shape index (κ1) is 12.3. The molecule has 0 spiro atoms. The molecule has 2 N–H and O–H groups in total. The van der Waals surface area contributed by atoms with E-state index in [1.807, 2.05) is 6.92 Å². The molecule has 2 rings (SSSR count). The highest BCUT2D eigenvalue weighted by atomic mass is 32.1. The molecule has 2 aromatic rings. The molecule has 0 aromatic carbocycles. The van der Waals surface area contributed by atoms with Crippen molar-refractivity contribution in [2.75, 3.05) is 17.2 Å². The van der Waals surface area contributed by atoms with E-state index in [4.69, 9.17) is 0 Å². The number of halogens is 1. The fourth-order valence-corrected chi connectivity index (χ4v) is 1.63. The molecule has 7 nitrogen and oxygen atoms in total. The summed E-state index contributed by atoms with van der Waals surface area (Å²) < 4.78 is 16.6. The topological polar surface area (TPSA) is 92.7 Å². The third-order valence-electron chi connectivity index (χ3n) is 1.96. The average molecular weight is 268 g/mol. The van der Waals surface area contributed by atoms with Gasteiger partial charge in [-0.05, 0) is 18.2 Å². The van der Waals surface area contributed by atoms with E-state index in [0.717, 1.165) is 23.8 Å². The van der Waals surface area contributed by atoms with Crippen LogP contribution in [-0.2, 0) is 0 Å². The van der Waals surface area contributed by atoms with Crippen molar-refractivity contribution in [3.05, 3.63) is 23.6 Å². The van der Waals surface area contributed by atoms with Gasteiger partial charge in [0.25, 0.3) is 5.91 Å². The Labute approximate surface area is 106 Å². The van der Waals surface area contributed by atoms with Gasteiger partial charge in [-0.3, -0.25) is 10.1 Å². The van der Waals surface area contributed by atoms with Gasteiger partial charge in [-0.25, -0.2) is 9.37 Å². The molecule has 9 heteroatoms. The Morgan fingerprint density at radius 1 is 1.56 bits per heavy atom. The third-order valence-corrected chi connectivity index (χ3v) is 2.47. The van der Waals surface area contributed by atoms with Gasteiger partial charge in [0.15, 0.2) is 0 Å². The van der Waals surface area contributed by atoms with Crippen LogP contribution in [0.2, 0.25) is 0 Å². The summed E-state index contributed by atoms with van der Waals surface area (Å²) in [5, 5.41) is 12.5. The maximum absolute atomic E-state index is 13.1. The number of anilines is 2. The average Bonchev–Trinajstić information content (AvgIpc) is 2.84. The summed E-state index contributed by atoms with van der Waals surface area (Å²) in [5.41, 5.74) is 0.104. The molecule has 0 saturated carbocycles. The second-order valence-corrected chi connectivity index (χ2v) is 3.93. The summed E-state index contributed by atoms with van der Waals surface area (Å²) in [6.07, 6.45) is 1.04. The molecule has 0 aliphatic rings. The number of aromatic nitrogens is 4.